The Morgan fingerprint density at radius 1 is 1.27 bits per heavy atom. The molecule has 6 nitrogen and oxygen atoms in total. The van der Waals surface area contributed by atoms with Crippen LogP contribution in [0.25, 0.3) is 16.7 Å². The van der Waals surface area contributed by atoms with Crippen LogP contribution in [-0.4, -0.2) is 37.6 Å². The minimum atomic E-state index is 0.0149. The molecule has 0 saturated carbocycles. The molecular formula is C19H24N4O2S. The van der Waals surface area contributed by atoms with Crippen molar-refractivity contribution in [1.29, 1.82) is 0 Å². The lowest BCUT2D eigenvalue weighted by molar-refractivity contribution is 0.0315. The number of hydrogen-bond acceptors (Lipinski definition) is 5. The van der Waals surface area contributed by atoms with E-state index in [0.717, 1.165) is 48.7 Å². The summed E-state index contributed by atoms with van der Waals surface area (Å²) in [6.45, 7) is 3.64. The second-order valence-electron chi connectivity index (χ2n) is 6.75. The number of para-hydroxylation sites is 1. The lowest BCUT2D eigenvalue weighted by Gasteiger charge is -2.21. The highest BCUT2D eigenvalue weighted by atomic mass is 32.2. The van der Waals surface area contributed by atoms with Crippen LogP contribution in [0.2, 0.25) is 0 Å². The van der Waals surface area contributed by atoms with Crippen LogP contribution in [0, 0.1) is 0 Å². The Kier molecular flexibility index (Phi) is 5.26. The van der Waals surface area contributed by atoms with Crippen LogP contribution in [0.5, 0.6) is 0 Å². The predicted octanol–water partition coefficient (Wildman–Crippen LogP) is 3.51. The number of aromatic nitrogens is 4. The standard InChI is InChI=1S/C19H24N4O2S/c1-2-3-11-22-17(24)15-9-4-5-10-16(15)23-18(22)20-21-19(23)26-13-14-8-6-7-12-25-14/h4-5,9-10,14H,2-3,6-8,11-13H2,1H3/t14-/m1/s1. The summed E-state index contributed by atoms with van der Waals surface area (Å²) in [5, 5.41) is 10.3. The van der Waals surface area contributed by atoms with Crippen LogP contribution >= 0.6 is 11.8 Å². The fourth-order valence-electron chi connectivity index (χ4n) is 3.45. The Balaban J connectivity index is 1.77. The van der Waals surface area contributed by atoms with Gasteiger partial charge in [-0.2, -0.15) is 0 Å². The SMILES string of the molecule is CCCCn1c(=O)c2ccccc2n2c(SC[C@H]3CCCCO3)nnc12. The van der Waals surface area contributed by atoms with Crippen LogP contribution in [0.1, 0.15) is 39.0 Å². The summed E-state index contributed by atoms with van der Waals surface area (Å²) in [4.78, 5) is 12.9. The van der Waals surface area contributed by atoms with E-state index in [2.05, 4.69) is 17.1 Å². The predicted molar refractivity (Wildman–Crippen MR) is 104 cm³/mol. The van der Waals surface area contributed by atoms with Gasteiger partial charge in [-0.15, -0.1) is 10.2 Å². The fraction of sp³-hybridized carbons (Fsp3) is 0.526. The fourth-order valence-corrected chi connectivity index (χ4v) is 4.46. The molecule has 1 saturated heterocycles. The molecule has 0 amide bonds. The smallest absolute Gasteiger partial charge is 0.262 e. The first-order valence-electron chi connectivity index (χ1n) is 9.40. The van der Waals surface area contributed by atoms with Crippen molar-refractivity contribution in [3.63, 3.8) is 0 Å². The van der Waals surface area contributed by atoms with E-state index >= 15 is 0 Å². The van der Waals surface area contributed by atoms with Crippen molar-refractivity contribution in [3.8, 4) is 0 Å². The molecule has 1 fully saturated rings. The van der Waals surface area contributed by atoms with E-state index in [1.54, 1.807) is 16.3 Å². The molecule has 4 rings (SSSR count). The zero-order valence-electron chi connectivity index (χ0n) is 15.1. The summed E-state index contributed by atoms with van der Waals surface area (Å²) in [6, 6.07) is 7.72. The minimum absolute atomic E-state index is 0.0149. The Morgan fingerprint density at radius 3 is 2.96 bits per heavy atom. The maximum atomic E-state index is 12.9. The molecule has 0 aliphatic carbocycles. The van der Waals surface area contributed by atoms with E-state index in [1.807, 2.05) is 28.7 Å². The Morgan fingerprint density at radius 2 is 2.15 bits per heavy atom. The van der Waals surface area contributed by atoms with Gasteiger partial charge in [0.2, 0.25) is 5.78 Å². The summed E-state index contributed by atoms with van der Waals surface area (Å²) in [5.41, 5.74) is 0.887. The number of benzene rings is 1. The summed E-state index contributed by atoms with van der Waals surface area (Å²) in [6.07, 6.45) is 5.73. The molecule has 0 unspecified atom stereocenters. The van der Waals surface area contributed by atoms with Gasteiger partial charge in [0.15, 0.2) is 5.16 Å². The Hall–Kier alpha value is -1.86. The van der Waals surface area contributed by atoms with Gasteiger partial charge in [0.25, 0.3) is 5.56 Å². The molecular weight excluding hydrogens is 348 g/mol. The van der Waals surface area contributed by atoms with Crippen molar-refractivity contribution >= 4 is 28.4 Å². The third-order valence-electron chi connectivity index (χ3n) is 4.89. The van der Waals surface area contributed by atoms with Crippen LogP contribution < -0.4 is 5.56 Å². The number of nitrogens with zero attached hydrogens (tertiary/aromatic N) is 4. The van der Waals surface area contributed by atoms with Gasteiger partial charge in [-0.25, -0.2) is 0 Å². The van der Waals surface area contributed by atoms with Crippen LogP contribution in [-0.2, 0) is 11.3 Å². The summed E-state index contributed by atoms with van der Waals surface area (Å²) in [5.74, 6) is 1.50. The van der Waals surface area contributed by atoms with Gasteiger partial charge in [-0.05, 0) is 37.8 Å². The molecule has 0 spiro atoms. The van der Waals surface area contributed by atoms with E-state index in [9.17, 15) is 4.79 Å². The number of hydrogen-bond donors (Lipinski definition) is 0. The average molecular weight is 372 g/mol. The molecule has 138 valence electrons. The molecule has 1 aliphatic rings. The maximum Gasteiger partial charge on any atom is 0.262 e. The molecule has 26 heavy (non-hydrogen) atoms. The van der Waals surface area contributed by atoms with E-state index < -0.39 is 0 Å². The van der Waals surface area contributed by atoms with Gasteiger partial charge < -0.3 is 4.74 Å². The van der Waals surface area contributed by atoms with Gasteiger partial charge in [0.05, 0.1) is 17.0 Å². The van der Waals surface area contributed by atoms with Crippen molar-refractivity contribution in [2.24, 2.45) is 0 Å². The first kappa shape index (κ1) is 17.5. The second kappa shape index (κ2) is 7.80. The average Bonchev–Trinajstić information content (AvgIpc) is 3.11. The van der Waals surface area contributed by atoms with E-state index in [-0.39, 0.29) is 11.7 Å². The third kappa shape index (κ3) is 3.25. The minimum Gasteiger partial charge on any atom is -0.377 e. The number of fused-ring (bicyclic) bond motifs is 3. The monoisotopic (exact) mass is 372 g/mol. The molecule has 1 atom stereocenters. The summed E-state index contributed by atoms with van der Waals surface area (Å²) < 4.78 is 9.63. The number of unbranched alkanes of at least 4 members (excludes halogenated alkanes) is 1. The zero-order valence-corrected chi connectivity index (χ0v) is 15.9. The highest BCUT2D eigenvalue weighted by molar-refractivity contribution is 7.99. The number of aryl methyl sites for hydroxylation is 1. The quantitative estimate of drug-likeness (QED) is 0.620. The van der Waals surface area contributed by atoms with Crippen LogP contribution in [0.15, 0.2) is 34.2 Å². The maximum absolute atomic E-state index is 12.9. The molecule has 1 aromatic carbocycles. The van der Waals surface area contributed by atoms with Crippen LogP contribution in [0.3, 0.4) is 0 Å². The Bertz CT molecular complexity index is 959. The van der Waals surface area contributed by atoms with Gasteiger partial charge >= 0.3 is 0 Å². The molecule has 7 heteroatoms. The first-order valence-corrected chi connectivity index (χ1v) is 10.4. The van der Waals surface area contributed by atoms with Gasteiger partial charge in [-0.1, -0.05) is 37.2 Å². The van der Waals surface area contributed by atoms with Gasteiger partial charge in [0, 0.05) is 18.9 Å². The molecule has 1 aliphatic heterocycles. The van der Waals surface area contributed by atoms with Crippen molar-refractivity contribution in [1.82, 2.24) is 19.2 Å². The summed E-state index contributed by atoms with van der Waals surface area (Å²) in [7, 11) is 0. The number of rotatable bonds is 6. The molecule has 0 radical (unpaired) electrons. The number of thioether (sulfide) groups is 1. The van der Waals surface area contributed by atoms with E-state index in [1.165, 1.54) is 6.42 Å². The number of ether oxygens (including phenoxy) is 1. The van der Waals surface area contributed by atoms with Gasteiger partial charge in [-0.3, -0.25) is 13.8 Å². The zero-order chi connectivity index (χ0) is 17.9. The third-order valence-corrected chi connectivity index (χ3v) is 5.95. The Labute approximate surface area is 156 Å². The van der Waals surface area contributed by atoms with Crippen LogP contribution in [0.4, 0.5) is 0 Å². The van der Waals surface area contributed by atoms with E-state index in [0.29, 0.717) is 17.7 Å². The highest BCUT2D eigenvalue weighted by Gasteiger charge is 2.19. The summed E-state index contributed by atoms with van der Waals surface area (Å²) >= 11 is 1.67. The van der Waals surface area contributed by atoms with Crippen molar-refractivity contribution < 1.29 is 4.74 Å². The topological polar surface area (TPSA) is 61.4 Å². The lowest BCUT2D eigenvalue weighted by atomic mass is 10.1. The first-order chi connectivity index (χ1) is 12.8. The molecule has 0 N–H and O–H groups in total. The molecule has 2 aromatic heterocycles. The normalized spacial score (nSPS) is 18.0. The lowest BCUT2D eigenvalue weighted by Crippen LogP contribution is -2.23. The second-order valence-corrected chi connectivity index (χ2v) is 7.73. The molecule has 3 heterocycles. The van der Waals surface area contributed by atoms with Crippen molar-refractivity contribution in [2.45, 2.75) is 56.8 Å². The van der Waals surface area contributed by atoms with E-state index in [4.69, 9.17) is 4.74 Å². The van der Waals surface area contributed by atoms with Gasteiger partial charge in [0.1, 0.15) is 0 Å². The van der Waals surface area contributed by atoms with Crippen molar-refractivity contribution in [3.05, 3.63) is 34.6 Å². The highest BCUT2D eigenvalue weighted by Crippen LogP contribution is 2.25. The largest absolute Gasteiger partial charge is 0.377 e. The molecule has 0 bridgehead atoms. The molecule has 3 aromatic rings. The van der Waals surface area contributed by atoms with Crippen molar-refractivity contribution in [2.75, 3.05) is 12.4 Å².